The van der Waals surface area contributed by atoms with Gasteiger partial charge in [-0.15, -0.1) is 0 Å². The van der Waals surface area contributed by atoms with E-state index in [0.29, 0.717) is 11.7 Å². The zero-order chi connectivity index (χ0) is 14.1. The molecule has 2 amide bonds. The summed E-state index contributed by atoms with van der Waals surface area (Å²) in [5.74, 6) is -0.158. The van der Waals surface area contributed by atoms with Gasteiger partial charge in [0.25, 0.3) is 5.91 Å². The number of amides is 2. The van der Waals surface area contributed by atoms with Gasteiger partial charge >= 0.3 is 0 Å². The van der Waals surface area contributed by atoms with Crippen molar-refractivity contribution in [2.24, 2.45) is 0 Å². The highest BCUT2D eigenvalue weighted by Gasteiger charge is 2.28. The molecule has 0 atom stereocenters. The molecule has 20 heavy (non-hydrogen) atoms. The van der Waals surface area contributed by atoms with Gasteiger partial charge in [-0.05, 0) is 47.7 Å². The molecule has 6 heteroatoms. The molecule has 2 fully saturated rings. The van der Waals surface area contributed by atoms with Crippen molar-refractivity contribution >= 4 is 27.7 Å². The Morgan fingerprint density at radius 2 is 2.00 bits per heavy atom. The number of halogens is 1. The van der Waals surface area contributed by atoms with Gasteiger partial charge < -0.3 is 14.8 Å². The molecule has 108 valence electrons. The Hall–Kier alpha value is -1.30. The SMILES string of the molecule is O=C(NCC(=O)N1CCCC1)c1cc(Br)cn1C1CC1. The predicted molar refractivity (Wildman–Crippen MR) is 78.6 cm³/mol. The molecule has 1 aliphatic heterocycles. The second-order valence-electron chi connectivity index (χ2n) is 5.45. The normalized spacial score (nSPS) is 18.4. The Balaban J connectivity index is 1.60. The molecule has 1 aromatic heterocycles. The van der Waals surface area contributed by atoms with Gasteiger partial charge in [0.2, 0.25) is 5.91 Å². The zero-order valence-corrected chi connectivity index (χ0v) is 12.9. The zero-order valence-electron chi connectivity index (χ0n) is 11.3. The van der Waals surface area contributed by atoms with E-state index in [0.717, 1.165) is 43.2 Å². The van der Waals surface area contributed by atoms with Crippen LogP contribution in [0.25, 0.3) is 0 Å². The van der Waals surface area contributed by atoms with Crippen molar-refractivity contribution in [1.29, 1.82) is 0 Å². The predicted octanol–water partition coefficient (Wildman–Crippen LogP) is 1.94. The van der Waals surface area contributed by atoms with Crippen LogP contribution >= 0.6 is 15.9 Å². The quantitative estimate of drug-likeness (QED) is 0.911. The Kier molecular flexibility index (Phi) is 3.83. The van der Waals surface area contributed by atoms with Crippen molar-refractivity contribution in [3.8, 4) is 0 Å². The summed E-state index contributed by atoms with van der Waals surface area (Å²) in [5.41, 5.74) is 0.633. The van der Waals surface area contributed by atoms with Crippen molar-refractivity contribution in [2.45, 2.75) is 31.7 Å². The lowest BCUT2D eigenvalue weighted by Crippen LogP contribution is -2.39. The lowest BCUT2D eigenvalue weighted by atomic mass is 10.3. The maximum absolute atomic E-state index is 12.2. The first-order chi connectivity index (χ1) is 9.65. The third-order valence-corrected chi connectivity index (χ3v) is 4.28. The van der Waals surface area contributed by atoms with Crippen LogP contribution in [0.4, 0.5) is 0 Å². The van der Waals surface area contributed by atoms with Gasteiger partial charge in [0.1, 0.15) is 5.69 Å². The lowest BCUT2D eigenvalue weighted by molar-refractivity contribution is -0.129. The summed E-state index contributed by atoms with van der Waals surface area (Å²) < 4.78 is 2.90. The van der Waals surface area contributed by atoms with Crippen LogP contribution in [0.2, 0.25) is 0 Å². The Morgan fingerprint density at radius 1 is 1.30 bits per heavy atom. The lowest BCUT2D eigenvalue weighted by Gasteiger charge is -2.15. The topological polar surface area (TPSA) is 54.3 Å². The summed E-state index contributed by atoms with van der Waals surface area (Å²) >= 11 is 3.41. The average Bonchev–Trinajstić information content (AvgIpc) is 2.98. The summed E-state index contributed by atoms with van der Waals surface area (Å²) in [7, 11) is 0. The van der Waals surface area contributed by atoms with Crippen LogP contribution < -0.4 is 5.32 Å². The van der Waals surface area contributed by atoms with E-state index in [1.165, 1.54) is 0 Å². The molecule has 1 saturated heterocycles. The number of rotatable bonds is 4. The van der Waals surface area contributed by atoms with Gasteiger partial charge in [-0.3, -0.25) is 9.59 Å². The monoisotopic (exact) mass is 339 g/mol. The molecule has 0 unspecified atom stereocenters. The van der Waals surface area contributed by atoms with Crippen molar-refractivity contribution in [3.05, 3.63) is 22.4 Å². The van der Waals surface area contributed by atoms with E-state index in [1.54, 1.807) is 0 Å². The fraction of sp³-hybridized carbons (Fsp3) is 0.571. The molecule has 2 heterocycles. The van der Waals surface area contributed by atoms with E-state index in [4.69, 9.17) is 0 Å². The van der Waals surface area contributed by atoms with Crippen LogP contribution in [-0.4, -0.2) is 40.9 Å². The molecular formula is C14H18BrN3O2. The largest absolute Gasteiger partial charge is 0.342 e. The third kappa shape index (κ3) is 2.90. The van der Waals surface area contributed by atoms with Gasteiger partial charge in [-0.1, -0.05) is 0 Å². The van der Waals surface area contributed by atoms with E-state index in [2.05, 4.69) is 21.2 Å². The Morgan fingerprint density at radius 3 is 2.65 bits per heavy atom. The van der Waals surface area contributed by atoms with Gasteiger partial charge in [0, 0.05) is 29.8 Å². The summed E-state index contributed by atoms with van der Waals surface area (Å²) in [6.45, 7) is 1.73. The highest BCUT2D eigenvalue weighted by molar-refractivity contribution is 9.10. The third-order valence-electron chi connectivity index (χ3n) is 3.85. The standard InChI is InChI=1S/C14H18BrN3O2/c15-10-7-12(18(9-10)11-3-4-11)14(20)16-8-13(19)17-5-1-2-6-17/h7,9,11H,1-6,8H2,(H,16,20). The maximum atomic E-state index is 12.2. The van der Waals surface area contributed by atoms with Crippen LogP contribution in [0.5, 0.6) is 0 Å². The van der Waals surface area contributed by atoms with Crippen LogP contribution in [0.1, 0.15) is 42.2 Å². The van der Waals surface area contributed by atoms with Crippen LogP contribution in [0.15, 0.2) is 16.7 Å². The number of aromatic nitrogens is 1. The number of hydrogen-bond acceptors (Lipinski definition) is 2. The minimum atomic E-state index is -0.171. The van der Waals surface area contributed by atoms with E-state index in [1.807, 2.05) is 21.7 Å². The summed E-state index contributed by atoms with van der Waals surface area (Å²) in [4.78, 5) is 25.9. The Bertz CT molecular complexity index is 531. The highest BCUT2D eigenvalue weighted by Crippen LogP contribution is 2.37. The van der Waals surface area contributed by atoms with E-state index in [-0.39, 0.29) is 18.4 Å². The van der Waals surface area contributed by atoms with Crippen LogP contribution in [0, 0.1) is 0 Å². The second-order valence-corrected chi connectivity index (χ2v) is 6.37. The molecular weight excluding hydrogens is 322 g/mol. The number of hydrogen-bond donors (Lipinski definition) is 1. The second kappa shape index (κ2) is 5.60. The number of carbonyl (C=O) groups is 2. The first-order valence-electron chi connectivity index (χ1n) is 7.08. The molecule has 1 aromatic rings. The van der Waals surface area contributed by atoms with Crippen LogP contribution in [0.3, 0.4) is 0 Å². The highest BCUT2D eigenvalue weighted by atomic mass is 79.9. The maximum Gasteiger partial charge on any atom is 0.268 e. The van der Waals surface area contributed by atoms with Crippen molar-refractivity contribution in [1.82, 2.24) is 14.8 Å². The summed E-state index contributed by atoms with van der Waals surface area (Å²) in [6, 6.07) is 2.25. The van der Waals surface area contributed by atoms with Crippen molar-refractivity contribution < 1.29 is 9.59 Å². The van der Waals surface area contributed by atoms with Gasteiger partial charge in [-0.25, -0.2) is 0 Å². The molecule has 0 aromatic carbocycles. The summed E-state index contributed by atoms with van der Waals surface area (Å²) in [5, 5.41) is 2.74. The fourth-order valence-corrected chi connectivity index (χ4v) is 3.04. The van der Waals surface area contributed by atoms with Gasteiger partial charge in [0.15, 0.2) is 0 Å². The van der Waals surface area contributed by atoms with E-state index in [9.17, 15) is 9.59 Å². The molecule has 3 rings (SSSR count). The minimum absolute atomic E-state index is 0.0134. The molecule has 5 nitrogen and oxygen atoms in total. The van der Waals surface area contributed by atoms with E-state index < -0.39 is 0 Å². The van der Waals surface area contributed by atoms with Gasteiger partial charge in [0.05, 0.1) is 6.54 Å². The minimum Gasteiger partial charge on any atom is -0.342 e. The fourth-order valence-electron chi connectivity index (χ4n) is 2.61. The number of nitrogens with zero attached hydrogens (tertiary/aromatic N) is 2. The first kappa shape index (κ1) is 13.7. The van der Waals surface area contributed by atoms with Crippen molar-refractivity contribution in [3.63, 3.8) is 0 Å². The molecule has 1 N–H and O–H groups in total. The molecule has 0 spiro atoms. The molecule has 1 aliphatic carbocycles. The average molecular weight is 340 g/mol. The summed E-state index contributed by atoms with van der Waals surface area (Å²) in [6.07, 6.45) is 6.31. The smallest absolute Gasteiger partial charge is 0.268 e. The molecule has 0 radical (unpaired) electrons. The van der Waals surface area contributed by atoms with Gasteiger partial charge in [-0.2, -0.15) is 0 Å². The molecule has 2 aliphatic rings. The molecule has 0 bridgehead atoms. The van der Waals surface area contributed by atoms with Crippen LogP contribution in [-0.2, 0) is 4.79 Å². The molecule has 1 saturated carbocycles. The number of likely N-dealkylation sites (tertiary alicyclic amines) is 1. The Labute approximate surface area is 126 Å². The van der Waals surface area contributed by atoms with E-state index >= 15 is 0 Å². The first-order valence-corrected chi connectivity index (χ1v) is 7.88. The number of nitrogens with one attached hydrogen (secondary N) is 1. The van der Waals surface area contributed by atoms with Crippen molar-refractivity contribution in [2.75, 3.05) is 19.6 Å². The number of carbonyl (C=O) groups excluding carboxylic acids is 2.